The first-order valence-electron chi connectivity index (χ1n) is 30.1. The molecule has 5 heterocycles. The smallest absolute Gasteiger partial charge is 0.376 e. The van der Waals surface area contributed by atoms with Gasteiger partial charge in [0.1, 0.15) is 28.0 Å². The molecule has 0 unspecified atom stereocenters. The van der Waals surface area contributed by atoms with Crippen LogP contribution >= 0.6 is 0 Å². The molecule has 418 valence electrons. The van der Waals surface area contributed by atoms with E-state index in [1.165, 1.54) is 22.3 Å². The first-order chi connectivity index (χ1) is 40.7. The lowest BCUT2D eigenvalue weighted by Crippen LogP contribution is -2.61. The molecule has 0 amide bonds. The van der Waals surface area contributed by atoms with Gasteiger partial charge in [-0.3, -0.25) is 0 Å². The molecule has 0 spiro atoms. The van der Waals surface area contributed by atoms with Crippen LogP contribution in [0.5, 0.6) is 0 Å². The summed E-state index contributed by atoms with van der Waals surface area (Å²) in [6, 6.07) is 76.2. The van der Waals surface area contributed by atoms with Crippen LogP contribution in [0.4, 0.5) is 45.5 Å². The molecule has 7 heteroatoms. The topological polar surface area (TPSA) is 49.1 Å². The van der Waals surface area contributed by atoms with E-state index in [0.29, 0.717) is 0 Å². The average Bonchev–Trinajstić information content (AvgIpc) is 1.70. The highest BCUT2D eigenvalue weighted by molar-refractivity contribution is 6.93. The number of hydrogen-bond acceptors (Lipinski definition) is 6. The van der Waals surface area contributed by atoms with E-state index in [-0.39, 0.29) is 21.7 Å². The van der Waals surface area contributed by atoms with Crippen LogP contribution in [-0.4, -0.2) is 6.85 Å². The normalized spacial score (nSPS) is 13.6. The molecule has 0 aliphatic carbocycles. The maximum Gasteiger partial charge on any atom is 0.376 e. The van der Waals surface area contributed by atoms with E-state index in [9.17, 15) is 0 Å². The van der Waals surface area contributed by atoms with Crippen molar-refractivity contribution in [1.29, 1.82) is 0 Å². The molecule has 2 aliphatic heterocycles. The Bertz CT molecular complexity index is 4730. The van der Waals surface area contributed by atoms with Crippen molar-refractivity contribution in [2.45, 2.75) is 105 Å². The Labute approximate surface area is 499 Å². The highest BCUT2D eigenvalue weighted by Gasteiger charge is 2.50. The summed E-state index contributed by atoms with van der Waals surface area (Å²) >= 11 is 0. The van der Waals surface area contributed by atoms with Crippen molar-refractivity contribution >= 4 is 118 Å². The molecule has 15 rings (SSSR count). The van der Waals surface area contributed by atoms with Crippen LogP contribution < -0.4 is 25.7 Å². The fourth-order valence-corrected chi connectivity index (χ4v) is 13.3. The van der Waals surface area contributed by atoms with Crippen LogP contribution in [0.15, 0.2) is 220 Å². The van der Waals surface area contributed by atoms with Gasteiger partial charge >= 0.3 is 6.85 Å². The fourth-order valence-electron chi connectivity index (χ4n) is 13.3. The quantitative estimate of drug-likeness (QED) is 0.155. The van der Waals surface area contributed by atoms with Crippen LogP contribution in [-0.2, 0) is 21.7 Å². The minimum atomic E-state index is -0.431. The van der Waals surface area contributed by atoms with E-state index < -0.39 is 6.85 Å². The molecule has 0 saturated carbocycles. The summed E-state index contributed by atoms with van der Waals surface area (Å²) in [5.41, 5.74) is 23.9. The number of para-hydroxylation sites is 1. The number of rotatable bonds is 6. The van der Waals surface area contributed by atoms with E-state index in [2.05, 4.69) is 304 Å². The van der Waals surface area contributed by atoms with E-state index in [0.717, 1.165) is 134 Å². The predicted molar refractivity (Wildman–Crippen MR) is 359 cm³/mol. The van der Waals surface area contributed by atoms with Crippen molar-refractivity contribution in [1.82, 2.24) is 0 Å². The molecule has 0 saturated heterocycles. The molecule has 2 aliphatic rings. The fraction of sp³-hybridized carbons (Fsp3) is 0.205. The van der Waals surface area contributed by atoms with Gasteiger partial charge in [0.15, 0.2) is 5.58 Å². The van der Waals surface area contributed by atoms with Crippen LogP contribution in [0.1, 0.15) is 105 Å². The van der Waals surface area contributed by atoms with Gasteiger partial charge in [-0.2, -0.15) is 0 Å². The molecular weight excluding hydrogens is 1040 g/mol. The van der Waals surface area contributed by atoms with Gasteiger partial charge in [0, 0.05) is 72.7 Å². The van der Waals surface area contributed by atoms with E-state index in [1.807, 2.05) is 0 Å². The number of hydrogen-bond donors (Lipinski definition) is 0. The lowest BCUT2D eigenvalue weighted by molar-refractivity contribution is 0.590. The number of furan rings is 3. The van der Waals surface area contributed by atoms with Gasteiger partial charge in [0.05, 0.1) is 11.4 Å². The zero-order valence-corrected chi connectivity index (χ0v) is 50.8. The lowest BCUT2D eigenvalue weighted by Gasteiger charge is -2.43. The van der Waals surface area contributed by atoms with Crippen molar-refractivity contribution in [3.8, 4) is 22.3 Å². The highest BCUT2D eigenvalue weighted by atomic mass is 16.3. The summed E-state index contributed by atoms with van der Waals surface area (Å²) in [6.07, 6.45) is 0. The van der Waals surface area contributed by atoms with E-state index in [1.54, 1.807) is 0 Å². The SMILES string of the molecule is CC(C)(C)c1ccc(N2B3c4oc5ccc(-c6ccccc6)cc5c4N(c4ccc(C(C)(C)C)cc4)c4c3c(cc3c4oc4ccccc43)-c3cc4c(cc32)oc2ccc(N(c3ccc(C(C)(C)C)cc3)c3ccc(C(C)(C)C)cc3)cc24)cc1. The Balaban J connectivity index is 1.03. The van der Waals surface area contributed by atoms with Crippen molar-refractivity contribution in [3.63, 3.8) is 0 Å². The van der Waals surface area contributed by atoms with Gasteiger partial charge in [0.2, 0.25) is 0 Å². The maximum atomic E-state index is 7.52. The first kappa shape index (κ1) is 52.6. The number of nitrogens with zero attached hydrogens (tertiary/aromatic N) is 3. The summed E-state index contributed by atoms with van der Waals surface area (Å²) in [4.78, 5) is 7.36. The summed E-state index contributed by atoms with van der Waals surface area (Å²) in [6.45, 7) is 26.9. The van der Waals surface area contributed by atoms with Gasteiger partial charge in [-0.25, -0.2) is 0 Å². The highest BCUT2D eigenvalue weighted by Crippen LogP contribution is 2.54. The molecule has 0 N–H and O–H groups in total. The standard InChI is InChI=1S/C78H70BN3O3/c1-75(2,3)49-23-31-53(32-24-49)80(54-33-25-50(26-34-54)76(4,5)6)57-39-41-67-60(43-57)61-44-59-62-45-63-58-20-16-17-21-66(58)84-73(63)72-70(62)79(82(65(59)46-69(61)83-67)56-37-29-52(30-38-56)78(10,11)12)74-71(81(72)55-35-27-51(28-36-55)77(7,8)9)64-42-48(22-40-68(64)85-74)47-18-14-13-15-19-47/h13-46H,1-12H3. The molecule has 3 aromatic heterocycles. The van der Waals surface area contributed by atoms with Gasteiger partial charge in [-0.05, 0) is 163 Å². The van der Waals surface area contributed by atoms with Crippen LogP contribution in [0.25, 0.3) is 77.1 Å². The van der Waals surface area contributed by atoms with E-state index in [4.69, 9.17) is 13.3 Å². The number of benzene rings is 10. The average molecular weight is 1110 g/mol. The second-order valence-electron chi connectivity index (χ2n) is 27.8. The van der Waals surface area contributed by atoms with Crippen molar-refractivity contribution in [3.05, 3.63) is 229 Å². The second-order valence-corrected chi connectivity index (χ2v) is 27.8. The molecule has 85 heavy (non-hydrogen) atoms. The van der Waals surface area contributed by atoms with Crippen LogP contribution in [0, 0.1) is 0 Å². The van der Waals surface area contributed by atoms with Gasteiger partial charge in [-0.1, -0.05) is 186 Å². The summed E-state index contributed by atoms with van der Waals surface area (Å²) in [5, 5.41) is 5.23. The van der Waals surface area contributed by atoms with E-state index >= 15 is 0 Å². The minimum absolute atomic E-state index is 0.0162. The summed E-state index contributed by atoms with van der Waals surface area (Å²) in [7, 11) is 0. The molecule has 0 radical (unpaired) electrons. The largest absolute Gasteiger partial charge is 0.466 e. The van der Waals surface area contributed by atoms with Crippen LogP contribution in [0.2, 0.25) is 0 Å². The maximum absolute atomic E-state index is 7.52. The Hall–Kier alpha value is -9.20. The Morgan fingerprint density at radius 3 is 1.47 bits per heavy atom. The van der Waals surface area contributed by atoms with Gasteiger partial charge in [-0.15, -0.1) is 0 Å². The molecule has 13 aromatic rings. The minimum Gasteiger partial charge on any atom is -0.466 e. The zero-order chi connectivity index (χ0) is 58.6. The zero-order valence-electron chi connectivity index (χ0n) is 50.8. The van der Waals surface area contributed by atoms with Crippen LogP contribution in [0.3, 0.4) is 0 Å². The van der Waals surface area contributed by atoms with Gasteiger partial charge < -0.3 is 27.9 Å². The molecule has 10 aromatic carbocycles. The predicted octanol–water partition coefficient (Wildman–Crippen LogP) is 21.3. The third kappa shape index (κ3) is 8.51. The lowest BCUT2D eigenvalue weighted by atomic mass is 9.45. The molecule has 0 bridgehead atoms. The van der Waals surface area contributed by atoms with Crippen molar-refractivity contribution < 1.29 is 13.3 Å². The van der Waals surface area contributed by atoms with Crippen molar-refractivity contribution in [2.24, 2.45) is 0 Å². The number of anilines is 8. The van der Waals surface area contributed by atoms with Crippen molar-refractivity contribution in [2.75, 3.05) is 14.6 Å². The second kappa shape index (κ2) is 18.7. The third-order valence-electron chi connectivity index (χ3n) is 18.1. The Morgan fingerprint density at radius 1 is 0.353 bits per heavy atom. The summed E-state index contributed by atoms with van der Waals surface area (Å²) < 4.78 is 21.9. The Morgan fingerprint density at radius 2 is 0.859 bits per heavy atom. The monoisotopic (exact) mass is 1110 g/mol. The molecule has 6 nitrogen and oxygen atoms in total. The summed E-state index contributed by atoms with van der Waals surface area (Å²) in [5.74, 6) is 0. The van der Waals surface area contributed by atoms with Gasteiger partial charge in [0.25, 0.3) is 0 Å². The molecule has 0 fully saturated rings. The molecule has 0 atom stereocenters. The molecular formula is C78H70BN3O3. The third-order valence-corrected chi connectivity index (χ3v) is 18.1. The number of fused-ring (bicyclic) bond motifs is 13. The first-order valence-corrected chi connectivity index (χ1v) is 30.1. The Kier molecular flexibility index (Phi) is 11.5.